The van der Waals surface area contributed by atoms with E-state index in [0.29, 0.717) is 0 Å². The van der Waals surface area contributed by atoms with Crippen molar-refractivity contribution in [3.63, 3.8) is 0 Å². The van der Waals surface area contributed by atoms with Gasteiger partial charge in [-0.2, -0.15) is 0 Å². The quantitative estimate of drug-likeness (QED) is 0.466. The van der Waals surface area contributed by atoms with Gasteiger partial charge in [0.15, 0.2) is 0 Å². The molecule has 1 heterocycles. The second-order valence-corrected chi connectivity index (χ2v) is 1.96. The average Bonchev–Trinajstić information content (AvgIpc) is 1.62. The third-order valence-corrected chi connectivity index (χ3v) is 1.21. The van der Waals surface area contributed by atoms with E-state index in [1.165, 1.54) is 19.3 Å². The lowest BCUT2D eigenvalue weighted by Gasteiger charge is -2.01. The van der Waals surface area contributed by atoms with Crippen LogP contribution in [0.3, 0.4) is 0 Å². The van der Waals surface area contributed by atoms with Crippen LogP contribution in [0.15, 0.2) is 12.3 Å². The van der Waals surface area contributed by atoms with E-state index in [0.717, 1.165) is 6.42 Å². The molecule has 45 valence electrons. The maximum atomic E-state index is 4.97. The lowest BCUT2D eigenvalue weighted by molar-refractivity contribution is 0.309. The molecule has 0 spiro atoms. The standard InChI is InChI=1S/C7H11O/c1-2-4-6-8-7-5-3-1/h4,6-7H,1-3,5H2. The molecule has 0 aromatic heterocycles. The second kappa shape index (κ2) is 3.53. The molecule has 1 heteroatoms. The summed E-state index contributed by atoms with van der Waals surface area (Å²) in [6.45, 7) is 1.86. The number of allylic oxidation sites excluding steroid dienone is 1. The summed E-state index contributed by atoms with van der Waals surface area (Å²) < 4.78 is 4.97. The summed E-state index contributed by atoms with van der Waals surface area (Å²) >= 11 is 0. The zero-order valence-corrected chi connectivity index (χ0v) is 4.97. The van der Waals surface area contributed by atoms with Gasteiger partial charge in [-0.25, -0.2) is 0 Å². The molecule has 0 aromatic carbocycles. The fourth-order valence-corrected chi connectivity index (χ4v) is 0.737. The smallest absolute Gasteiger partial charge is 0.134 e. The highest BCUT2D eigenvalue weighted by atomic mass is 16.5. The molecule has 0 fully saturated rings. The normalized spacial score (nSPS) is 21.0. The second-order valence-electron chi connectivity index (χ2n) is 1.96. The Morgan fingerprint density at radius 3 is 3.00 bits per heavy atom. The Bertz CT molecular complexity index is 66.5. The van der Waals surface area contributed by atoms with Gasteiger partial charge < -0.3 is 4.74 Å². The molecule has 0 saturated carbocycles. The lowest BCUT2D eigenvalue weighted by atomic mass is 10.2. The first kappa shape index (κ1) is 5.67. The number of hydrogen-bond acceptors (Lipinski definition) is 1. The summed E-state index contributed by atoms with van der Waals surface area (Å²) in [6, 6.07) is 0. The van der Waals surface area contributed by atoms with E-state index in [2.05, 4.69) is 6.08 Å². The van der Waals surface area contributed by atoms with Gasteiger partial charge in [0.2, 0.25) is 0 Å². The minimum atomic E-state index is 1.10. The van der Waals surface area contributed by atoms with Gasteiger partial charge in [0.05, 0.1) is 6.26 Å². The van der Waals surface area contributed by atoms with E-state index in [-0.39, 0.29) is 0 Å². The first-order valence-electron chi connectivity index (χ1n) is 3.12. The maximum absolute atomic E-state index is 4.97. The van der Waals surface area contributed by atoms with Crippen molar-refractivity contribution in [1.82, 2.24) is 0 Å². The Labute approximate surface area is 50.3 Å². The molecule has 1 rings (SSSR count). The minimum Gasteiger partial charge on any atom is -0.495 e. The van der Waals surface area contributed by atoms with Crippen molar-refractivity contribution in [3.05, 3.63) is 18.9 Å². The molecule has 0 aromatic rings. The van der Waals surface area contributed by atoms with Crippen LogP contribution in [0.1, 0.15) is 25.7 Å². The van der Waals surface area contributed by atoms with E-state index < -0.39 is 0 Å². The van der Waals surface area contributed by atoms with Crippen molar-refractivity contribution in [1.29, 1.82) is 0 Å². The van der Waals surface area contributed by atoms with Gasteiger partial charge in [0.25, 0.3) is 0 Å². The van der Waals surface area contributed by atoms with Crippen LogP contribution in [0.25, 0.3) is 0 Å². The fraction of sp³-hybridized carbons (Fsp3) is 0.571. The predicted molar refractivity (Wildman–Crippen MR) is 33.0 cm³/mol. The molecule has 0 unspecified atom stereocenters. The average molecular weight is 111 g/mol. The topological polar surface area (TPSA) is 9.23 Å². The molecule has 0 amide bonds. The first-order chi connectivity index (χ1) is 4.00. The van der Waals surface area contributed by atoms with Crippen molar-refractivity contribution >= 4 is 0 Å². The van der Waals surface area contributed by atoms with Crippen molar-refractivity contribution in [2.24, 2.45) is 0 Å². The molecular formula is C7H11O. The first-order valence-corrected chi connectivity index (χ1v) is 3.12. The molecular weight excluding hydrogens is 100 g/mol. The Balaban J connectivity index is 2.17. The van der Waals surface area contributed by atoms with Crippen LogP contribution in [-0.4, -0.2) is 0 Å². The zero-order valence-electron chi connectivity index (χ0n) is 4.97. The molecule has 0 atom stereocenters. The SMILES string of the molecule is [CH]1CCCCC=CO1. The van der Waals surface area contributed by atoms with Crippen LogP contribution in [-0.2, 0) is 4.74 Å². The van der Waals surface area contributed by atoms with Crippen LogP contribution in [0, 0.1) is 6.61 Å². The van der Waals surface area contributed by atoms with E-state index in [4.69, 9.17) is 4.74 Å². The van der Waals surface area contributed by atoms with E-state index in [9.17, 15) is 0 Å². The van der Waals surface area contributed by atoms with Crippen LogP contribution < -0.4 is 0 Å². The molecule has 0 N–H and O–H groups in total. The largest absolute Gasteiger partial charge is 0.495 e. The van der Waals surface area contributed by atoms with Gasteiger partial charge in [-0.05, 0) is 31.8 Å². The summed E-state index contributed by atoms with van der Waals surface area (Å²) in [5.41, 5.74) is 0. The summed E-state index contributed by atoms with van der Waals surface area (Å²) in [5, 5.41) is 0. The van der Waals surface area contributed by atoms with E-state index in [1.807, 2.05) is 6.61 Å². The van der Waals surface area contributed by atoms with Crippen molar-refractivity contribution in [2.45, 2.75) is 25.7 Å². The Hall–Kier alpha value is -0.460. The van der Waals surface area contributed by atoms with Gasteiger partial charge in [-0.1, -0.05) is 0 Å². The van der Waals surface area contributed by atoms with E-state index in [1.54, 1.807) is 6.26 Å². The minimum absolute atomic E-state index is 1.10. The summed E-state index contributed by atoms with van der Waals surface area (Å²) in [4.78, 5) is 0. The van der Waals surface area contributed by atoms with Gasteiger partial charge in [-0.3, -0.25) is 0 Å². The molecule has 0 aliphatic carbocycles. The van der Waals surface area contributed by atoms with Gasteiger partial charge >= 0.3 is 0 Å². The molecule has 1 radical (unpaired) electrons. The monoisotopic (exact) mass is 111 g/mol. The summed E-state index contributed by atoms with van der Waals surface area (Å²) in [7, 11) is 0. The Morgan fingerprint density at radius 2 is 2.00 bits per heavy atom. The zero-order chi connectivity index (χ0) is 5.66. The third kappa shape index (κ3) is 2.01. The molecule has 0 saturated heterocycles. The van der Waals surface area contributed by atoms with Crippen molar-refractivity contribution in [3.8, 4) is 0 Å². The highest BCUT2D eigenvalue weighted by Crippen LogP contribution is 2.06. The molecule has 1 aliphatic rings. The summed E-state index contributed by atoms with van der Waals surface area (Å²) in [5.74, 6) is 0. The number of ether oxygens (including phenoxy) is 1. The summed E-state index contributed by atoms with van der Waals surface area (Å²) in [6.07, 6.45) is 8.67. The Morgan fingerprint density at radius 1 is 1.12 bits per heavy atom. The van der Waals surface area contributed by atoms with Gasteiger partial charge in [-0.15, -0.1) is 0 Å². The Kier molecular flexibility index (Phi) is 2.50. The fourth-order valence-electron chi connectivity index (χ4n) is 0.737. The van der Waals surface area contributed by atoms with Crippen LogP contribution >= 0.6 is 0 Å². The molecule has 8 heavy (non-hydrogen) atoms. The predicted octanol–water partition coefficient (Wildman–Crippen LogP) is 2.25. The highest BCUT2D eigenvalue weighted by molar-refractivity contribution is 4.77. The van der Waals surface area contributed by atoms with Crippen LogP contribution in [0.2, 0.25) is 0 Å². The van der Waals surface area contributed by atoms with Crippen LogP contribution in [0.4, 0.5) is 0 Å². The van der Waals surface area contributed by atoms with Crippen molar-refractivity contribution in [2.75, 3.05) is 0 Å². The van der Waals surface area contributed by atoms with Crippen molar-refractivity contribution < 1.29 is 4.74 Å². The molecule has 1 nitrogen and oxygen atoms in total. The van der Waals surface area contributed by atoms with Gasteiger partial charge in [0.1, 0.15) is 6.61 Å². The molecule has 1 aliphatic heterocycles. The third-order valence-electron chi connectivity index (χ3n) is 1.21. The van der Waals surface area contributed by atoms with Gasteiger partial charge in [0, 0.05) is 0 Å². The molecule has 0 bridgehead atoms. The lowest BCUT2D eigenvalue weighted by Crippen LogP contribution is -1.84. The number of rotatable bonds is 0. The number of hydrogen-bond donors (Lipinski definition) is 0. The van der Waals surface area contributed by atoms with Crippen LogP contribution in [0.5, 0.6) is 0 Å². The maximum Gasteiger partial charge on any atom is 0.134 e. The highest BCUT2D eigenvalue weighted by Gasteiger charge is 1.90. The van der Waals surface area contributed by atoms with E-state index >= 15 is 0 Å².